The highest BCUT2D eigenvalue weighted by atomic mass is 16.5. The molecule has 0 spiro atoms. The van der Waals surface area contributed by atoms with Crippen LogP contribution in [0, 0.1) is 11.8 Å². The fraction of sp³-hybridized carbons (Fsp3) is 0.286. The van der Waals surface area contributed by atoms with Crippen LogP contribution in [-0.4, -0.2) is 24.0 Å². The molecule has 0 unspecified atom stereocenters. The Bertz CT molecular complexity index is 751. The van der Waals surface area contributed by atoms with Crippen molar-refractivity contribution >= 4 is 5.91 Å². The number of carbonyl (C=O) groups excluding carboxylic acids is 1. The number of ether oxygens (including phenoxy) is 1. The average molecular weight is 319 g/mol. The monoisotopic (exact) mass is 319 g/mol. The first-order valence-corrected chi connectivity index (χ1v) is 8.36. The van der Waals surface area contributed by atoms with Crippen molar-refractivity contribution < 1.29 is 9.53 Å². The van der Waals surface area contributed by atoms with Gasteiger partial charge >= 0.3 is 0 Å². The van der Waals surface area contributed by atoms with Crippen molar-refractivity contribution in [1.29, 1.82) is 0 Å². The van der Waals surface area contributed by atoms with Gasteiger partial charge in [0.2, 0.25) is 5.91 Å². The van der Waals surface area contributed by atoms with E-state index >= 15 is 0 Å². The van der Waals surface area contributed by atoms with Crippen LogP contribution < -0.4 is 4.74 Å². The number of benzene rings is 2. The summed E-state index contributed by atoms with van der Waals surface area (Å²) in [5.41, 5.74) is 3.09. The number of hydrogen-bond donors (Lipinski definition) is 0. The molecule has 0 atom stereocenters. The Labute approximate surface area is 143 Å². The summed E-state index contributed by atoms with van der Waals surface area (Å²) >= 11 is 0. The Morgan fingerprint density at radius 2 is 1.62 bits per heavy atom. The topological polar surface area (TPSA) is 29.5 Å². The number of rotatable bonds is 4. The maximum Gasteiger partial charge on any atom is 0.222 e. The van der Waals surface area contributed by atoms with Gasteiger partial charge in [0.15, 0.2) is 0 Å². The van der Waals surface area contributed by atoms with Crippen LogP contribution in [0.2, 0.25) is 0 Å². The van der Waals surface area contributed by atoms with Gasteiger partial charge in [0.1, 0.15) is 5.75 Å². The summed E-state index contributed by atoms with van der Waals surface area (Å²) in [6.45, 7) is 4.21. The third-order valence-electron chi connectivity index (χ3n) is 4.02. The normalized spacial score (nSPS) is 13.5. The zero-order chi connectivity index (χ0) is 16.8. The lowest BCUT2D eigenvalue weighted by atomic mass is 10.1. The number of nitrogens with zero attached hydrogens (tertiary/aromatic N) is 1. The summed E-state index contributed by atoms with van der Waals surface area (Å²) in [5.74, 6) is 7.45. The SMILES string of the molecule is CCOc1ccc(C#Cc2ccc(CN3CCCC3=O)cc2)cc1. The molecule has 3 heteroatoms. The van der Waals surface area contributed by atoms with Gasteiger partial charge in [-0.1, -0.05) is 24.0 Å². The molecule has 3 rings (SSSR count). The molecule has 24 heavy (non-hydrogen) atoms. The van der Waals surface area contributed by atoms with Gasteiger partial charge in [-0.2, -0.15) is 0 Å². The number of hydrogen-bond acceptors (Lipinski definition) is 2. The molecule has 0 bridgehead atoms. The second kappa shape index (κ2) is 7.70. The van der Waals surface area contributed by atoms with E-state index in [1.165, 1.54) is 0 Å². The molecule has 3 nitrogen and oxygen atoms in total. The third kappa shape index (κ3) is 4.17. The van der Waals surface area contributed by atoms with Gasteiger partial charge in [-0.05, 0) is 55.3 Å². The summed E-state index contributed by atoms with van der Waals surface area (Å²) in [4.78, 5) is 13.6. The van der Waals surface area contributed by atoms with Crippen molar-refractivity contribution in [3.05, 3.63) is 65.2 Å². The molecule has 2 aromatic carbocycles. The van der Waals surface area contributed by atoms with E-state index in [0.717, 1.165) is 35.4 Å². The molecule has 0 aromatic heterocycles. The summed E-state index contributed by atoms with van der Waals surface area (Å²) in [6.07, 6.45) is 1.66. The predicted molar refractivity (Wildman–Crippen MR) is 94.7 cm³/mol. The predicted octanol–water partition coefficient (Wildman–Crippen LogP) is 3.61. The van der Waals surface area contributed by atoms with Crippen LogP contribution in [0.4, 0.5) is 0 Å². The lowest BCUT2D eigenvalue weighted by molar-refractivity contribution is -0.128. The number of amides is 1. The standard InChI is InChI=1S/C21H21NO2/c1-2-24-20-13-11-18(12-14-20)6-5-17-7-9-19(10-8-17)16-22-15-3-4-21(22)23/h7-14H,2-4,15-16H2,1H3. The van der Waals surface area contributed by atoms with Crippen LogP contribution in [0.1, 0.15) is 36.5 Å². The summed E-state index contributed by atoms with van der Waals surface area (Å²) in [6, 6.07) is 15.9. The zero-order valence-electron chi connectivity index (χ0n) is 13.9. The van der Waals surface area contributed by atoms with Crippen LogP contribution in [0.25, 0.3) is 0 Å². The second-order valence-corrected chi connectivity index (χ2v) is 5.82. The first kappa shape index (κ1) is 16.1. The highest BCUT2D eigenvalue weighted by Gasteiger charge is 2.19. The van der Waals surface area contributed by atoms with Crippen molar-refractivity contribution in [1.82, 2.24) is 4.90 Å². The quantitative estimate of drug-likeness (QED) is 0.806. The molecular formula is C21H21NO2. The maximum atomic E-state index is 11.7. The molecule has 0 N–H and O–H groups in total. The van der Waals surface area contributed by atoms with Crippen LogP contribution in [0.3, 0.4) is 0 Å². The molecule has 2 aromatic rings. The Kier molecular flexibility index (Phi) is 5.18. The van der Waals surface area contributed by atoms with E-state index in [-0.39, 0.29) is 5.91 Å². The fourth-order valence-corrected chi connectivity index (χ4v) is 2.73. The van der Waals surface area contributed by atoms with Gasteiger partial charge in [0, 0.05) is 30.6 Å². The minimum atomic E-state index is 0.259. The molecule has 1 aliphatic rings. The molecule has 1 heterocycles. The van der Waals surface area contributed by atoms with Crippen molar-refractivity contribution in [2.45, 2.75) is 26.3 Å². The summed E-state index contributed by atoms with van der Waals surface area (Å²) < 4.78 is 5.42. The van der Waals surface area contributed by atoms with Gasteiger partial charge in [-0.15, -0.1) is 0 Å². The molecule has 1 amide bonds. The van der Waals surface area contributed by atoms with Crippen LogP contribution >= 0.6 is 0 Å². The Balaban J connectivity index is 1.63. The average Bonchev–Trinajstić information content (AvgIpc) is 3.01. The van der Waals surface area contributed by atoms with Crippen LogP contribution in [0.5, 0.6) is 5.75 Å². The van der Waals surface area contributed by atoms with Crippen molar-refractivity contribution in [2.75, 3.05) is 13.2 Å². The lowest BCUT2D eigenvalue weighted by Gasteiger charge is -2.15. The van der Waals surface area contributed by atoms with Crippen molar-refractivity contribution in [2.24, 2.45) is 0 Å². The smallest absolute Gasteiger partial charge is 0.222 e. The molecule has 1 saturated heterocycles. The Morgan fingerprint density at radius 1 is 1.00 bits per heavy atom. The van der Waals surface area contributed by atoms with Gasteiger partial charge in [-0.3, -0.25) is 4.79 Å². The van der Waals surface area contributed by atoms with E-state index in [2.05, 4.69) is 11.8 Å². The molecule has 1 fully saturated rings. The Morgan fingerprint density at radius 3 is 2.17 bits per heavy atom. The molecule has 0 saturated carbocycles. The maximum absolute atomic E-state index is 11.7. The van der Waals surface area contributed by atoms with E-state index in [0.29, 0.717) is 19.6 Å². The number of carbonyl (C=O) groups is 1. The first-order valence-electron chi connectivity index (χ1n) is 8.36. The molecule has 1 aliphatic heterocycles. The first-order chi connectivity index (χ1) is 11.7. The van der Waals surface area contributed by atoms with Crippen LogP contribution in [-0.2, 0) is 11.3 Å². The molecule has 0 radical (unpaired) electrons. The minimum Gasteiger partial charge on any atom is -0.494 e. The van der Waals surface area contributed by atoms with Crippen LogP contribution in [0.15, 0.2) is 48.5 Å². The molecular weight excluding hydrogens is 298 g/mol. The summed E-state index contributed by atoms with van der Waals surface area (Å²) in [5, 5.41) is 0. The zero-order valence-corrected chi connectivity index (χ0v) is 13.9. The van der Waals surface area contributed by atoms with Gasteiger partial charge in [-0.25, -0.2) is 0 Å². The Hall–Kier alpha value is -2.73. The van der Waals surface area contributed by atoms with Crippen molar-refractivity contribution in [3.8, 4) is 17.6 Å². The minimum absolute atomic E-state index is 0.259. The molecule has 122 valence electrons. The van der Waals surface area contributed by atoms with Gasteiger partial charge < -0.3 is 9.64 Å². The van der Waals surface area contributed by atoms with Gasteiger partial charge in [0.05, 0.1) is 6.61 Å². The van der Waals surface area contributed by atoms with Gasteiger partial charge in [0.25, 0.3) is 0 Å². The van der Waals surface area contributed by atoms with E-state index in [1.807, 2.05) is 60.4 Å². The van der Waals surface area contributed by atoms with Crippen molar-refractivity contribution in [3.63, 3.8) is 0 Å². The summed E-state index contributed by atoms with van der Waals surface area (Å²) in [7, 11) is 0. The second-order valence-electron chi connectivity index (χ2n) is 5.82. The molecule has 0 aliphatic carbocycles. The van der Waals surface area contributed by atoms with E-state index in [4.69, 9.17) is 4.74 Å². The largest absolute Gasteiger partial charge is 0.494 e. The highest BCUT2D eigenvalue weighted by Crippen LogP contribution is 2.15. The van der Waals surface area contributed by atoms with E-state index < -0.39 is 0 Å². The number of likely N-dealkylation sites (tertiary alicyclic amines) is 1. The fourth-order valence-electron chi connectivity index (χ4n) is 2.73. The highest BCUT2D eigenvalue weighted by molar-refractivity contribution is 5.78. The third-order valence-corrected chi connectivity index (χ3v) is 4.02. The van der Waals surface area contributed by atoms with E-state index in [9.17, 15) is 4.79 Å². The van der Waals surface area contributed by atoms with E-state index in [1.54, 1.807) is 0 Å². The lowest BCUT2D eigenvalue weighted by Crippen LogP contribution is -2.23.